The van der Waals surface area contributed by atoms with Crippen LogP contribution in [0.2, 0.25) is 0 Å². The van der Waals surface area contributed by atoms with Crippen molar-refractivity contribution in [2.24, 2.45) is 17.8 Å². The highest BCUT2D eigenvalue weighted by Crippen LogP contribution is 2.55. The van der Waals surface area contributed by atoms with Gasteiger partial charge >= 0.3 is 11.8 Å². The van der Waals surface area contributed by atoms with E-state index in [1.807, 2.05) is 6.07 Å². The zero-order valence-electron chi connectivity index (χ0n) is 15.2. The summed E-state index contributed by atoms with van der Waals surface area (Å²) >= 11 is 0. The summed E-state index contributed by atoms with van der Waals surface area (Å²) in [6, 6.07) is 10.4. The molecular weight excluding hydrogens is 340 g/mol. The Labute approximate surface area is 158 Å². The predicted molar refractivity (Wildman–Crippen MR) is 103 cm³/mol. The molecule has 4 saturated carbocycles. The Balaban J connectivity index is 1.33. The van der Waals surface area contributed by atoms with Gasteiger partial charge in [0.2, 0.25) is 0 Å². The van der Waals surface area contributed by atoms with E-state index < -0.39 is 11.8 Å². The number of carbonyl (C=O) groups excluding carboxylic acids is 2. The summed E-state index contributed by atoms with van der Waals surface area (Å²) in [5, 5.41) is 17.2. The lowest BCUT2D eigenvalue weighted by Gasteiger charge is -2.56. The second-order valence-corrected chi connectivity index (χ2v) is 8.78. The molecule has 0 saturated heterocycles. The van der Waals surface area contributed by atoms with Crippen molar-refractivity contribution in [1.82, 2.24) is 5.32 Å². The number of fused-ring (bicyclic) bond motifs is 1. The van der Waals surface area contributed by atoms with Crippen molar-refractivity contribution in [1.29, 1.82) is 0 Å². The van der Waals surface area contributed by atoms with Gasteiger partial charge in [0, 0.05) is 22.0 Å². The molecule has 0 atom stereocenters. The Morgan fingerprint density at radius 3 is 2.11 bits per heavy atom. The number of aromatic hydroxyl groups is 1. The molecule has 4 fully saturated rings. The summed E-state index contributed by atoms with van der Waals surface area (Å²) in [5.74, 6) is 1.10. The van der Waals surface area contributed by atoms with E-state index in [2.05, 4.69) is 10.6 Å². The average molecular weight is 364 g/mol. The topological polar surface area (TPSA) is 78.4 Å². The molecule has 4 bridgehead atoms. The SMILES string of the molecule is O=C(Nc1cccc2c(O)cccc12)C(=O)NC12CC3CC(CC(C3)C1)C2. The summed E-state index contributed by atoms with van der Waals surface area (Å²) < 4.78 is 0. The minimum absolute atomic E-state index is 0.154. The van der Waals surface area contributed by atoms with Gasteiger partial charge in [0.25, 0.3) is 0 Å². The minimum Gasteiger partial charge on any atom is -0.507 e. The zero-order valence-corrected chi connectivity index (χ0v) is 15.2. The molecule has 6 rings (SSSR count). The Morgan fingerprint density at radius 1 is 0.852 bits per heavy atom. The molecule has 2 amide bonds. The number of phenolic OH excluding ortho intramolecular Hbond substituents is 1. The lowest BCUT2D eigenvalue weighted by atomic mass is 9.53. The highest BCUT2D eigenvalue weighted by atomic mass is 16.3. The lowest BCUT2D eigenvalue weighted by molar-refractivity contribution is -0.139. The molecule has 0 unspecified atom stereocenters. The van der Waals surface area contributed by atoms with E-state index in [0.29, 0.717) is 34.2 Å². The number of amides is 2. The number of phenols is 1. The number of rotatable bonds is 2. The van der Waals surface area contributed by atoms with E-state index in [9.17, 15) is 14.7 Å². The average Bonchev–Trinajstić information content (AvgIpc) is 2.61. The number of nitrogens with one attached hydrogen (secondary N) is 2. The molecule has 5 nitrogen and oxygen atoms in total. The number of hydrogen-bond donors (Lipinski definition) is 3. The fraction of sp³-hybridized carbons (Fsp3) is 0.455. The van der Waals surface area contributed by atoms with Gasteiger partial charge < -0.3 is 15.7 Å². The van der Waals surface area contributed by atoms with Crippen molar-refractivity contribution in [3.8, 4) is 5.75 Å². The number of anilines is 1. The third-order valence-electron chi connectivity index (χ3n) is 6.77. The molecule has 0 heterocycles. The molecule has 140 valence electrons. The maximum atomic E-state index is 12.7. The fourth-order valence-corrected chi connectivity index (χ4v) is 6.14. The molecule has 27 heavy (non-hydrogen) atoms. The molecular formula is C22H24N2O3. The third-order valence-corrected chi connectivity index (χ3v) is 6.77. The quantitative estimate of drug-likeness (QED) is 0.713. The van der Waals surface area contributed by atoms with Crippen LogP contribution in [0, 0.1) is 17.8 Å². The van der Waals surface area contributed by atoms with Gasteiger partial charge in [-0.25, -0.2) is 0 Å². The second kappa shape index (κ2) is 5.98. The van der Waals surface area contributed by atoms with E-state index in [1.165, 1.54) is 19.3 Å². The molecule has 2 aromatic rings. The molecule has 3 N–H and O–H groups in total. The van der Waals surface area contributed by atoms with E-state index in [0.717, 1.165) is 19.3 Å². The van der Waals surface area contributed by atoms with Crippen molar-refractivity contribution in [2.45, 2.75) is 44.1 Å². The molecule has 5 heteroatoms. The van der Waals surface area contributed by atoms with Gasteiger partial charge in [-0.15, -0.1) is 0 Å². The van der Waals surface area contributed by atoms with Gasteiger partial charge in [0.05, 0.1) is 0 Å². The van der Waals surface area contributed by atoms with Crippen LogP contribution in [0.5, 0.6) is 5.75 Å². The van der Waals surface area contributed by atoms with Crippen LogP contribution in [-0.2, 0) is 9.59 Å². The van der Waals surface area contributed by atoms with Crippen molar-refractivity contribution in [3.63, 3.8) is 0 Å². The van der Waals surface area contributed by atoms with Crippen molar-refractivity contribution in [3.05, 3.63) is 36.4 Å². The first kappa shape index (κ1) is 16.6. The van der Waals surface area contributed by atoms with Gasteiger partial charge in [0.1, 0.15) is 5.75 Å². The molecule has 0 spiro atoms. The van der Waals surface area contributed by atoms with E-state index >= 15 is 0 Å². The predicted octanol–water partition coefficient (Wildman–Crippen LogP) is 3.57. The summed E-state index contributed by atoms with van der Waals surface area (Å²) in [5.41, 5.74) is 0.356. The summed E-state index contributed by atoms with van der Waals surface area (Å²) in [4.78, 5) is 25.2. The third kappa shape index (κ3) is 2.85. The molecule has 0 aromatic heterocycles. The van der Waals surface area contributed by atoms with Gasteiger partial charge in [-0.3, -0.25) is 9.59 Å². The largest absolute Gasteiger partial charge is 0.507 e. The number of benzene rings is 2. The first-order chi connectivity index (χ1) is 13.0. The number of hydrogen-bond acceptors (Lipinski definition) is 3. The van der Waals surface area contributed by atoms with Crippen LogP contribution in [0.4, 0.5) is 5.69 Å². The normalized spacial score (nSPS) is 31.0. The highest BCUT2D eigenvalue weighted by Gasteiger charge is 2.51. The second-order valence-electron chi connectivity index (χ2n) is 8.78. The first-order valence-corrected chi connectivity index (χ1v) is 9.85. The number of carbonyl (C=O) groups is 2. The Hall–Kier alpha value is -2.56. The molecule has 4 aliphatic rings. The monoisotopic (exact) mass is 364 g/mol. The van der Waals surface area contributed by atoms with Gasteiger partial charge in [-0.2, -0.15) is 0 Å². The summed E-state index contributed by atoms with van der Waals surface area (Å²) in [6.45, 7) is 0. The van der Waals surface area contributed by atoms with Crippen LogP contribution < -0.4 is 10.6 Å². The molecule has 0 aliphatic heterocycles. The summed E-state index contributed by atoms with van der Waals surface area (Å²) in [6.07, 6.45) is 6.92. The fourth-order valence-electron chi connectivity index (χ4n) is 6.14. The summed E-state index contributed by atoms with van der Waals surface area (Å²) in [7, 11) is 0. The van der Waals surface area contributed by atoms with E-state index in [-0.39, 0.29) is 11.3 Å². The van der Waals surface area contributed by atoms with Crippen LogP contribution in [-0.4, -0.2) is 22.5 Å². The van der Waals surface area contributed by atoms with Crippen LogP contribution >= 0.6 is 0 Å². The van der Waals surface area contributed by atoms with Crippen LogP contribution in [0.3, 0.4) is 0 Å². The Kier molecular flexibility index (Phi) is 3.67. The van der Waals surface area contributed by atoms with Gasteiger partial charge in [-0.1, -0.05) is 24.3 Å². The smallest absolute Gasteiger partial charge is 0.313 e. The van der Waals surface area contributed by atoms with Crippen molar-refractivity contribution < 1.29 is 14.7 Å². The van der Waals surface area contributed by atoms with Crippen molar-refractivity contribution >= 4 is 28.3 Å². The van der Waals surface area contributed by atoms with Crippen LogP contribution in [0.25, 0.3) is 10.8 Å². The Morgan fingerprint density at radius 2 is 1.44 bits per heavy atom. The maximum Gasteiger partial charge on any atom is 0.313 e. The highest BCUT2D eigenvalue weighted by molar-refractivity contribution is 6.40. The van der Waals surface area contributed by atoms with Crippen LogP contribution in [0.1, 0.15) is 38.5 Å². The standard InChI is InChI=1S/C22H24N2O3/c25-19-6-2-3-16-17(19)4-1-5-18(16)23-20(26)21(27)24-22-10-13-7-14(11-22)9-15(8-13)12-22/h1-6,13-15,25H,7-12H2,(H,23,26)(H,24,27). The molecule has 2 aromatic carbocycles. The van der Waals surface area contributed by atoms with E-state index in [1.54, 1.807) is 30.3 Å². The van der Waals surface area contributed by atoms with Crippen LogP contribution in [0.15, 0.2) is 36.4 Å². The zero-order chi connectivity index (χ0) is 18.6. The molecule has 4 aliphatic carbocycles. The molecule has 0 radical (unpaired) electrons. The Bertz CT molecular complexity index is 901. The van der Waals surface area contributed by atoms with E-state index in [4.69, 9.17) is 0 Å². The lowest BCUT2D eigenvalue weighted by Crippen LogP contribution is -2.61. The van der Waals surface area contributed by atoms with Gasteiger partial charge in [-0.05, 0) is 68.4 Å². The first-order valence-electron chi connectivity index (χ1n) is 9.85. The maximum absolute atomic E-state index is 12.7. The van der Waals surface area contributed by atoms with Gasteiger partial charge in [0.15, 0.2) is 0 Å². The van der Waals surface area contributed by atoms with Crippen molar-refractivity contribution in [2.75, 3.05) is 5.32 Å². The minimum atomic E-state index is -0.637.